The standard InChI is InChI=1S/C23H26N2O9/c1-12(25-19(27)16-6-4-5-7-17(16)20(25)28)21(29)34-11-18(26)24-15-9-13(22(30)32-2)8-14(10-15)23(31)33-3/h8-10,12,16-17H,4-7,11H2,1-3H3,(H,24,26)/t12-,16?,17?/m0/s1. The van der Waals surface area contributed by atoms with Crippen molar-refractivity contribution in [1.82, 2.24) is 4.90 Å². The first kappa shape index (κ1) is 24.9. The Labute approximate surface area is 195 Å². The molecule has 34 heavy (non-hydrogen) atoms. The number of carbonyl (C=O) groups is 6. The molecule has 0 radical (unpaired) electrons. The number of likely N-dealkylation sites (tertiary alicyclic amines) is 1. The molecule has 3 amide bonds. The number of esters is 3. The van der Waals surface area contributed by atoms with Crippen LogP contribution in [-0.2, 0) is 33.4 Å². The first-order chi connectivity index (χ1) is 16.2. The molecule has 1 aliphatic heterocycles. The molecule has 3 atom stereocenters. The van der Waals surface area contributed by atoms with Gasteiger partial charge in [0.15, 0.2) is 6.61 Å². The van der Waals surface area contributed by atoms with Crippen LogP contribution in [0.4, 0.5) is 5.69 Å². The summed E-state index contributed by atoms with van der Waals surface area (Å²) in [5.41, 5.74) is 0.0732. The molecule has 2 unspecified atom stereocenters. The number of fused-ring (bicyclic) bond motifs is 1. The highest BCUT2D eigenvalue weighted by Crippen LogP contribution is 2.38. The van der Waals surface area contributed by atoms with E-state index in [0.29, 0.717) is 12.8 Å². The fourth-order valence-electron chi connectivity index (χ4n) is 4.30. The summed E-state index contributed by atoms with van der Waals surface area (Å²) in [6.07, 6.45) is 2.96. The highest BCUT2D eigenvalue weighted by Gasteiger charge is 2.51. The lowest BCUT2D eigenvalue weighted by Gasteiger charge is -2.21. The van der Waals surface area contributed by atoms with Crippen LogP contribution >= 0.6 is 0 Å². The Morgan fingerprint density at radius 2 is 1.44 bits per heavy atom. The first-order valence-corrected chi connectivity index (χ1v) is 10.8. The Morgan fingerprint density at radius 3 is 1.91 bits per heavy atom. The maximum absolute atomic E-state index is 12.6. The number of nitrogens with one attached hydrogen (secondary N) is 1. The molecule has 0 aromatic heterocycles. The van der Waals surface area contributed by atoms with Gasteiger partial charge in [-0.3, -0.25) is 19.3 Å². The summed E-state index contributed by atoms with van der Waals surface area (Å²) < 4.78 is 14.3. The van der Waals surface area contributed by atoms with E-state index in [-0.39, 0.29) is 28.6 Å². The van der Waals surface area contributed by atoms with Gasteiger partial charge in [-0.1, -0.05) is 12.8 Å². The molecular weight excluding hydrogens is 448 g/mol. The minimum Gasteiger partial charge on any atom is -0.465 e. The monoisotopic (exact) mass is 474 g/mol. The van der Waals surface area contributed by atoms with Crippen molar-refractivity contribution in [2.24, 2.45) is 11.8 Å². The molecule has 1 N–H and O–H groups in total. The van der Waals surface area contributed by atoms with Crippen molar-refractivity contribution in [3.63, 3.8) is 0 Å². The number of carbonyl (C=O) groups excluding carboxylic acids is 6. The summed E-state index contributed by atoms with van der Waals surface area (Å²) in [5, 5.41) is 2.42. The summed E-state index contributed by atoms with van der Waals surface area (Å²) >= 11 is 0. The Hall–Kier alpha value is -3.76. The van der Waals surface area contributed by atoms with E-state index in [0.717, 1.165) is 32.0 Å². The molecule has 1 heterocycles. The Bertz CT molecular complexity index is 977. The van der Waals surface area contributed by atoms with Crippen LogP contribution < -0.4 is 5.32 Å². The lowest BCUT2D eigenvalue weighted by Crippen LogP contribution is -2.45. The number of anilines is 1. The van der Waals surface area contributed by atoms with Crippen LogP contribution in [0.15, 0.2) is 18.2 Å². The number of rotatable bonds is 7. The van der Waals surface area contributed by atoms with Gasteiger partial charge in [-0.2, -0.15) is 0 Å². The second-order valence-electron chi connectivity index (χ2n) is 8.16. The van der Waals surface area contributed by atoms with Gasteiger partial charge in [0, 0.05) is 5.69 Å². The van der Waals surface area contributed by atoms with E-state index in [1.165, 1.54) is 25.1 Å². The predicted octanol–water partition coefficient (Wildman–Crippen LogP) is 1.31. The van der Waals surface area contributed by atoms with Gasteiger partial charge in [0.05, 0.1) is 37.2 Å². The topological polar surface area (TPSA) is 145 Å². The molecule has 2 aliphatic rings. The van der Waals surface area contributed by atoms with Crippen LogP contribution in [0, 0.1) is 11.8 Å². The molecule has 11 nitrogen and oxygen atoms in total. The van der Waals surface area contributed by atoms with E-state index in [1.54, 1.807) is 0 Å². The molecule has 182 valence electrons. The van der Waals surface area contributed by atoms with E-state index in [1.807, 2.05) is 0 Å². The number of hydrogen-bond donors (Lipinski definition) is 1. The number of ether oxygens (including phenoxy) is 3. The fourth-order valence-corrected chi connectivity index (χ4v) is 4.30. The van der Waals surface area contributed by atoms with Gasteiger partial charge in [-0.15, -0.1) is 0 Å². The lowest BCUT2D eigenvalue weighted by molar-refractivity contribution is -0.159. The van der Waals surface area contributed by atoms with Crippen molar-refractivity contribution in [1.29, 1.82) is 0 Å². The average molecular weight is 474 g/mol. The summed E-state index contributed by atoms with van der Waals surface area (Å²) in [4.78, 5) is 74.8. The highest BCUT2D eigenvalue weighted by molar-refractivity contribution is 6.08. The number of imide groups is 1. The molecule has 11 heteroatoms. The third-order valence-electron chi connectivity index (χ3n) is 6.01. The maximum atomic E-state index is 12.6. The summed E-state index contributed by atoms with van der Waals surface area (Å²) in [7, 11) is 2.33. The smallest absolute Gasteiger partial charge is 0.337 e. The predicted molar refractivity (Wildman–Crippen MR) is 115 cm³/mol. The van der Waals surface area contributed by atoms with Crippen molar-refractivity contribution in [3.8, 4) is 0 Å². The van der Waals surface area contributed by atoms with E-state index >= 15 is 0 Å². The zero-order valence-corrected chi connectivity index (χ0v) is 19.1. The second-order valence-corrected chi connectivity index (χ2v) is 8.16. The van der Waals surface area contributed by atoms with Crippen molar-refractivity contribution in [2.75, 3.05) is 26.1 Å². The van der Waals surface area contributed by atoms with Gasteiger partial charge in [0.1, 0.15) is 6.04 Å². The van der Waals surface area contributed by atoms with Crippen molar-refractivity contribution in [3.05, 3.63) is 29.3 Å². The third-order valence-corrected chi connectivity index (χ3v) is 6.01. The molecular formula is C23H26N2O9. The molecule has 3 rings (SSSR count). The highest BCUT2D eigenvalue weighted by atomic mass is 16.5. The Morgan fingerprint density at radius 1 is 0.941 bits per heavy atom. The lowest BCUT2D eigenvalue weighted by atomic mass is 9.81. The van der Waals surface area contributed by atoms with Crippen molar-refractivity contribution in [2.45, 2.75) is 38.6 Å². The van der Waals surface area contributed by atoms with Gasteiger partial charge >= 0.3 is 17.9 Å². The number of hydrogen-bond acceptors (Lipinski definition) is 9. The second kappa shape index (κ2) is 10.4. The summed E-state index contributed by atoms with van der Waals surface area (Å²) in [6, 6.07) is 2.65. The van der Waals surface area contributed by atoms with Gasteiger partial charge < -0.3 is 19.5 Å². The van der Waals surface area contributed by atoms with Gasteiger partial charge in [0.25, 0.3) is 5.91 Å². The maximum Gasteiger partial charge on any atom is 0.337 e. The van der Waals surface area contributed by atoms with Crippen LogP contribution in [0.2, 0.25) is 0 Å². The molecule has 1 aliphatic carbocycles. The zero-order chi connectivity index (χ0) is 25.0. The van der Waals surface area contributed by atoms with Crippen LogP contribution in [0.3, 0.4) is 0 Å². The zero-order valence-electron chi connectivity index (χ0n) is 19.1. The van der Waals surface area contributed by atoms with Crippen LogP contribution in [-0.4, -0.2) is 67.4 Å². The quantitative estimate of drug-likeness (QED) is 0.351. The van der Waals surface area contributed by atoms with E-state index in [4.69, 9.17) is 4.74 Å². The summed E-state index contributed by atoms with van der Waals surface area (Å²) in [6.45, 7) is 0.679. The number of amides is 3. The number of benzene rings is 1. The van der Waals surface area contributed by atoms with Crippen molar-refractivity contribution >= 4 is 41.3 Å². The molecule has 0 bridgehead atoms. The molecule has 0 spiro atoms. The molecule has 1 saturated carbocycles. The first-order valence-electron chi connectivity index (χ1n) is 10.8. The molecule has 1 aromatic rings. The van der Waals surface area contributed by atoms with Crippen LogP contribution in [0.25, 0.3) is 0 Å². The van der Waals surface area contributed by atoms with E-state index in [2.05, 4.69) is 14.8 Å². The molecule has 1 saturated heterocycles. The van der Waals surface area contributed by atoms with E-state index < -0.39 is 48.3 Å². The Kier molecular flexibility index (Phi) is 7.64. The van der Waals surface area contributed by atoms with Gasteiger partial charge in [0.2, 0.25) is 11.8 Å². The Balaban J connectivity index is 1.63. The SMILES string of the molecule is COC(=O)c1cc(NC(=O)COC(=O)[C@H](C)N2C(=O)C3CCCCC3C2=O)cc(C(=O)OC)c1. The average Bonchev–Trinajstić information content (AvgIpc) is 3.10. The fraction of sp³-hybridized carbons (Fsp3) is 0.478. The molecule has 1 aromatic carbocycles. The van der Waals surface area contributed by atoms with Crippen LogP contribution in [0.1, 0.15) is 53.3 Å². The van der Waals surface area contributed by atoms with Crippen LogP contribution in [0.5, 0.6) is 0 Å². The number of methoxy groups -OCH3 is 2. The van der Waals surface area contributed by atoms with Gasteiger partial charge in [-0.25, -0.2) is 14.4 Å². The van der Waals surface area contributed by atoms with Crippen molar-refractivity contribution < 1.29 is 43.0 Å². The van der Waals surface area contributed by atoms with E-state index in [9.17, 15) is 28.8 Å². The number of nitrogens with zero attached hydrogens (tertiary/aromatic N) is 1. The summed E-state index contributed by atoms with van der Waals surface area (Å²) in [5.74, 6) is -4.67. The van der Waals surface area contributed by atoms with Gasteiger partial charge in [-0.05, 0) is 38.0 Å². The minimum atomic E-state index is -1.16. The molecule has 2 fully saturated rings. The normalized spacial score (nSPS) is 20.3. The third kappa shape index (κ3) is 5.08. The largest absolute Gasteiger partial charge is 0.465 e. The minimum absolute atomic E-state index is 0.00107.